The fourth-order valence-corrected chi connectivity index (χ4v) is 4.74. The van der Waals surface area contributed by atoms with Gasteiger partial charge in [-0.15, -0.1) is 0 Å². The summed E-state index contributed by atoms with van der Waals surface area (Å²) in [6.45, 7) is 4.69. The van der Waals surface area contributed by atoms with Crippen LogP contribution >= 0.6 is 11.6 Å². The second-order valence-electron chi connectivity index (χ2n) is 9.40. The van der Waals surface area contributed by atoms with Crippen molar-refractivity contribution in [2.45, 2.75) is 44.6 Å². The van der Waals surface area contributed by atoms with Crippen LogP contribution < -0.4 is 5.32 Å². The van der Waals surface area contributed by atoms with E-state index in [2.05, 4.69) is 5.32 Å². The molecule has 1 atom stereocenters. The Kier molecular flexibility index (Phi) is 8.52. The number of carbonyl (C=O) groups is 3. The van der Waals surface area contributed by atoms with E-state index < -0.39 is 11.5 Å². The van der Waals surface area contributed by atoms with Gasteiger partial charge in [0.25, 0.3) is 5.91 Å². The average molecular weight is 496 g/mol. The van der Waals surface area contributed by atoms with Crippen LogP contribution in [0, 0.1) is 17.2 Å². The highest BCUT2D eigenvalue weighted by atomic mass is 35.5. The number of amides is 2. The van der Waals surface area contributed by atoms with Crippen molar-refractivity contribution in [3.8, 4) is 6.07 Å². The first kappa shape index (κ1) is 26.2. The number of esters is 1. The van der Waals surface area contributed by atoms with Crippen molar-refractivity contribution in [3.63, 3.8) is 0 Å². The second-order valence-corrected chi connectivity index (χ2v) is 9.84. The zero-order valence-corrected chi connectivity index (χ0v) is 21.0. The molecule has 0 radical (unpaired) electrons. The third kappa shape index (κ3) is 6.61. The Bertz CT molecular complexity index is 1120. The highest BCUT2D eigenvalue weighted by molar-refractivity contribution is 6.30. The van der Waals surface area contributed by atoms with E-state index in [1.807, 2.05) is 26.0 Å². The number of ether oxygens (including phenoxy) is 1. The molecule has 1 aliphatic heterocycles. The van der Waals surface area contributed by atoms with Crippen LogP contribution in [-0.2, 0) is 14.3 Å². The Hall–Kier alpha value is -3.37. The third-order valence-corrected chi connectivity index (χ3v) is 6.71. The summed E-state index contributed by atoms with van der Waals surface area (Å²) in [7, 11) is 1.38. The lowest BCUT2D eigenvalue weighted by atomic mass is 9.79. The van der Waals surface area contributed by atoms with Crippen molar-refractivity contribution in [3.05, 3.63) is 70.2 Å². The number of carbonyl (C=O) groups excluding carboxylic acids is 3. The Balaban J connectivity index is 1.82. The van der Waals surface area contributed by atoms with Crippen LogP contribution in [0.4, 0.5) is 0 Å². The molecule has 8 heteroatoms. The maximum absolute atomic E-state index is 13.8. The highest BCUT2D eigenvalue weighted by Gasteiger charge is 2.41. The molecule has 2 aromatic carbocycles. The molecule has 0 aliphatic carbocycles. The van der Waals surface area contributed by atoms with Gasteiger partial charge in [0.1, 0.15) is 0 Å². The maximum Gasteiger partial charge on any atom is 0.305 e. The fraction of sp³-hybridized carbons (Fsp3) is 0.407. The van der Waals surface area contributed by atoms with E-state index in [1.54, 1.807) is 47.4 Å². The normalized spacial score (nSPS) is 15.1. The summed E-state index contributed by atoms with van der Waals surface area (Å²) in [4.78, 5) is 40.3. The summed E-state index contributed by atoms with van der Waals surface area (Å²) < 4.78 is 4.78. The van der Waals surface area contributed by atoms with Crippen molar-refractivity contribution >= 4 is 29.4 Å². The fourth-order valence-electron chi connectivity index (χ4n) is 4.55. The summed E-state index contributed by atoms with van der Waals surface area (Å²) in [5.41, 5.74) is 0.626. The molecule has 184 valence electrons. The molecule has 0 spiro atoms. The van der Waals surface area contributed by atoms with Crippen LogP contribution in [0.15, 0.2) is 48.5 Å². The van der Waals surface area contributed by atoms with Gasteiger partial charge in [-0.2, -0.15) is 5.26 Å². The number of nitrogens with zero attached hydrogens (tertiary/aromatic N) is 2. The molecule has 2 amide bonds. The van der Waals surface area contributed by atoms with Gasteiger partial charge < -0.3 is 15.0 Å². The summed E-state index contributed by atoms with van der Waals surface area (Å²) in [5, 5.41) is 12.5. The number of halogens is 1. The predicted octanol–water partition coefficient (Wildman–Crippen LogP) is 4.31. The van der Waals surface area contributed by atoms with Crippen LogP contribution in [0.2, 0.25) is 5.02 Å². The van der Waals surface area contributed by atoms with E-state index in [9.17, 15) is 14.4 Å². The van der Waals surface area contributed by atoms with Gasteiger partial charge in [-0.3, -0.25) is 14.4 Å². The number of likely N-dealkylation sites (tertiary alicyclic amines) is 1. The number of methoxy groups -OCH3 is 1. The van der Waals surface area contributed by atoms with Gasteiger partial charge in [0.2, 0.25) is 5.91 Å². The van der Waals surface area contributed by atoms with Gasteiger partial charge in [-0.05, 0) is 74.6 Å². The standard InChI is InChI=1S/C27H30ClN3O4/c1-27(2,30-25(33)20-9-7-19(17-29)8-10-20)24(21-5-4-6-22(28)16-21)26(34)31-13-11-18(12-14-31)15-23(32)35-3/h4-10,16,18,24H,11-15H2,1-3H3,(H,30,33). The SMILES string of the molecule is COC(=O)CC1CCN(C(=O)C(c2cccc(Cl)c2)C(C)(C)NC(=O)c2ccc(C#N)cc2)CC1. The van der Waals surface area contributed by atoms with Crippen LogP contribution in [0.3, 0.4) is 0 Å². The molecule has 1 saturated heterocycles. The monoisotopic (exact) mass is 495 g/mol. The molecule has 1 unspecified atom stereocenters. The molecule has 2 aromatic rings. The average Bonchev–Trinajstić information content (AvgIpc) is 2.84. The third-order valence-electron chi connectivity index (χ3n) is 6.47. The topological polar surface area (TPSA) is 99.5 Å². The Morgan fingerprint density at radius 2 is 1.83 bits per heavy atom. The smallest absolute Gasteiger partial charge is 0.305 e. The molecule has 0 saturated carbocycles. The van der Waals surface area contributed by atoms with Gasteiger partial charge in [0.05, 0.1) is 30.2 Å². The van der Waals surface area contributed by atoms with Crippen LogP contribution in [0.1, 0.15) is 60.5 Å². The quantitative estimate of drug-likeness (QED) is 0.577. The first-order valence-electron chi connectivity index (χ1n) is 11.6. The Labute approximate surface area is 211 Å². The largest absolute Gasteiger partial charge is 0.469 e. The van der Waals surface area contributed by atoms with E-state index in [-0.39, 0.29) is 23.7 Å². The first-order valence-corrected chi connectivity index (χ1v) is 12.0. The zero-order valence-electron chi connectivity index (χ0n) is 20.2. The first-order chi connectivity index (χ1) is 16.6. The van der Waals surface area contributed by atoms with Crippen molar-refractivity contribution in [1.29, 1.82) is 5.26 Å². The number of rotatable bonds is 7. The van der Waals surface area contributed by atoms with Crippen LogP contribution in [0.25, 0.3) is 0 Å². The highest BCUT2D eigenvalue weighted by Crippen LogP contribution is 2.34. The molecular weight excluding hydrogens is 466 g/mol. The molecular formula is C27H30ClN3O4. The summed E-state index contributed by atoms with van der Waals surface area (Å²) in [5.74, 6) is -1.18. The Morgan fingerprint density at radius 3 is 2.40 bits per heavy atom. The van der Waals surface area contributed by atoms with Crippen molar-refractivity contribution in [1.82, 2.24) is 10.2 Å². The number of hydrogen-bond acceptors (Lipinski definition) is 5. The van der Waals surface area contributed by atoms with Crippen LogP contribution in [-0.4, -0.2) is 48.4 Å². The number of nitrogens with one attached hydrogen (secondary N) is 1. The minimum absolute atomic E-state index is 0.103. The molecule has 1 aliphatic rings. The molecule has 0 bridgehead atoms. The second kappa shape index (κ2) is 11.4. The minimum atomic E-state index is -0.949. The summed E-state index contributed by atoms with van der Waals surface area (Å²) >= 11 is 6.26. The van der Waals surface area contributed by atoms with Gasteiger partial charge in [0.15, 0.2) is 0 Å². The van der Waals surface area contributed by atoms with Crippen molar-refractivity contribution in [2.75, 3.05) is 20.2 Å². The molecule has 1 heterocycles. The number of hydrogen-bond donors (Lipinski definition) is 1. The predicted molar refractivity (Wildman–Crippen MR) is 133 cm³/mol. The molecule has 3 rings (SSSR count). The van der Waals surface area contributed by atoms with E-state index >= 15 is 0 Å². The summed E-state index contributed by atoms with van der Waals surface area (Å²) in [6.07, 6.45) is 1.77. The summed E-state index contributed by atoms with van der Waals surface area (Å²) in [6, 6.07) is 15.5. The van der Waals surface area contributed by atoms with Crippen LogP contribution in [0.5, 0.6) is 0 Å². The van der Waals surface area contributed by atoms with Crippen molar-refractivity contribution in [2.24, 2.45) is 5.92 Å². The molecule has 1 N–H and O–H groups in total. The number of piperidine rings is 1. The zero-order chi connectivity index (χ0) is 25.6. The van der Waals surface area contributed by atoms with E-state index in [4.69, 9.17) is 21.6 Å². The molecule has 35 heavy (non-hydrogen) atoms. The lowest BCUT2D eigenvalue weighted by Crippen LogP contribution is -2.54. The molecule has 7 nitrogen and oxygen atoms in total. The number of benzene rings is 2. The van der Waals surface area contributed by atoms with Gasteiger partial charge in [-0.25, -0.2) is 0 Å². The van der Waals surface area contributed by atoms with E-state index in [0.29, 0.717) is 54.1 Å². The maximum atomic E-state index is 13.8. The lowest BCUT2D eigenvalue weighted by molar-refractivity contribution is -0.142. The number of nitriles is 1. The molecule has 1 fully saturated rings. The lowest BCUT2D eigenvalue weighted by Gasteiger charge is -2.40. The molecule has 0 aromatic heterocycles. The van der Waals surface area contributed by atoms with Gasteiger partial charge in [-0.1, -0.05) is 23.7 Å². The Morgan fingerprint density at radius 1 is 1.17 bits per heavy atom. The van der Waals surface area contributed by atoms with E-state index in [0.717, 1.165) is 0 Å². The van der Waals surface area contributed by atoms with Gasteiger partial charge in [0, 0.05) is 30.1 Å². The van der Waals surface area contributed by atoms with Crippen molar-refractivity contribution < 1.29 is 19.1 Å². The van der Waals surface area contributed by atoms with E-state index in [1.165, 1.54) is 7.11 Å². The minimum Gasteiger partial charge on any atom is -0.469 e. The van der Waals surface area contributed by atoms with Gasteiger partial charge >= 0.3 is 5.97 Å².